The molecule has 10 aromatic carbocycles. The highest BCUT2D eigenvalue weighted by molar-refractivity contribution is 6.14. The zero-order valence-electron chi connectivity index (χ0n) is 31.6. The van der Waals surface area contributed by atoms with E-state index in [4.69, 9.17) is 9.40 Å². The number of nitrogens with zero attached hydrogens (tertiary/aromatic N) is 2. The fourth-order valence-corrected chi connectivity index (χ4v) is 8.36. The molecule has 11 aromatic rings. The predicted octanol–water partition coefficient (Wildman–Crippen LogP) is 15.4. The number of hydrogen-bond acceptors (Lipinski definition) is 3. The minimum absolute atomic E-state index is 0.638. The summed E-state index contributed by atoms with van der Waals surface area (Å²) in [5.41, 5.74) is 13.0. The molecule has 0 fully saturated rings. The normalized spacial score (nSPS) is 11.4. The van der Waals surface area contributed by atoms with Gasteiger partial charge in [0.25, 0.3) is 0 Å². The van der Waals surface area contributed by atoms with E-state index in [0.717, 1.165) is 61.2 Å². The molecule has 1 heterocycles. The Morgan fingerprint density at radius 1 is 0.328 bits per heavy atom. The van der Waals surface area contributed by atoms with Crippen LogP contribution < -0.4 is 4.90 Å². The van der Waals surface area contributed by atoms with E-state index in [1.54, 1.807) is 0 Å². The van der Waals surface area contributed by atoms with Crippen LogP contribution in [-0.4, -0.2) is 4.98 Å². The molecule has 0 radical (unpaired) electrons. The van der Waals surface area contributed by atoms with Crippen LogP contribution in [-0.2, 0) is 0 Å². The van der Waals surface area contributed by atoms with Crippen molar-refractivity contribution in [3.8, 4) is 44.8 Å². The summed E-state index contributed by atoms with van der Waals surface area (Å²) in [6.07, 6.45) is 0. The molecule has 0 saturated heterocycles. The van der Waals surface area contributed by atoms with E-state index in [2.05, 4.69) is 187 Å². The molecule has 3 heteroatoms. The molecule has 272 valence electrons. The summed E-state index contributed by atoms with van der Waals surface area (Å²) in [6, 6.07) is 77.8. The van der Waals surface area contributed by atoms with Crippen molar-refractivity contribution in [1.82, 2.24) is 4.98 Å². The molecule has 58 heavy (non-hydrogen) atoms. The van der Waals surface area contributed by atoms with E-state index in [9.17, 15) is 0 Å². The van der Waals surface area contributed by atoms with Crippen molar-refractivity contribution in [2.45, 2.75) is 0 Å². The molecule has 0 spiro atoms. The van der Waals surface area contributed by atoms with E-state index in [1.165, 1.54) is 38.2 Å². The number of hydrogen-bond donors (Lipinski definition) is 0. The Bertz CT molecular complexity index is 3240. The molecule has 1 aromatic heterocycles. The molecule has 0 unspecified atom stereocenters. The Balaban J connectivity index is 0.890. The highest BCUT2D eigenvalue weighted by atomic mass is 16.3. The topological polar surface area (TPSA) is 29.3 Å². The quantitative estimate of drug-likeness (QED) is 0.152. The first-order valence-electron chi connectivity index (χ1n) is 19.7. The molecule has 0 bridgehead atoms. The third-order valence-electron chi connectivity index (χ3n) is 11.3. The van der Waals surface area contributed by atoms with Crippen LogP contribution in [0, 0.1) is 0 Å². The van der Waals surface area contributed by atoms with Crippen LogP contribution in [0.4, 0.5) is 17.1 Å². The van der Waals surface area contributed by atoms with Crippen molar-refractivity contribution in [2.24, 2.45) is 0 Å². The van der Waals surface area contributed by atoms with Gasteiger partial charge in [-0.2, -0.15) is 0 Å². The maximum Gasteiger partial charge on any atom is 0.227 e. The molecule has 0 aliphatic heterocycles. The first kappa shape index (κ1) is 33.6. The Morgan fingerprint density at radius 2 is 0.845 bits per heavy atom. The van der Waals surface area contributed by atoms with Gasteiger partial charge in [-0.15, -0.1) is 0 Å². The highest BCUT2D eigenvalue weighted by Gasteiger charge is 2.16. The molecule has 3 nitrogen and oxygen atoms in total. The number of rotatable bonds is 7. The summed E-state index contributed by atoms with van der Waals surface area (Å²) in [5, 5.41) is 7.30. The standard InChI is InChI=1S/C55H36N2O/c1-3-11-42(12-4-1)55-56-54-52-35-43(24-23-41(52)29-34-53(54)58-55)39-21-19-37(20-22-39)38-25-30-46(31-26-38)57(45-14-5-2-6-15-45)47-32-27-40(28-33-47)51-36-44-13-7-8-16-48(44)49-17-9-10-18-50(49)51/h1-36H. The second-order valence-corrected chi connectivity index (χ2v) is 14.8. The van der Waals surface area contributed by atoms with E-state index >= 15 is 0 Å². The fraction of sp³-hybridized carbons (Fsp3) is 0. The Hall–Kier alpha value is -7.75. The minimum Gasteiger partial charge on any atom is -0.436 e. The van der Waals surface area contributed by atoms with Crippen LogP contribution in [0.5, 0.6) is 0 Å². The summed E-state index contributed by atoms with van der Waals surface area (Å²) >= 11 is 0. The highest BCUT2D eigenvalue weighted by Crippen LogP contribution is 2.40. The number of fused-ring (bicyclic) bond motifs is 6. The zero-order valence-corrected chi connectivity index (χ0v) is 31.6. The van der Waals surface area contributed by atoms with Crippen LogP contribution in [0.25, 0.3) is 88.3 Å². The van der Waals surface area contributed by atoms with Gasteiger partial charge in [0.1, 0.15) is 5.52 Å². The van der Waals surface area contributed by atoms with E-state index in [0.29, 0.717) is 5.89 Å². The second kappa shape index (κ2) is 14.1. The molecule has 0 aliphatic rings. The number of para-hydroxylation sites is 1. The number of anilines is 3. The maximum atomic E-state index is 6.18. The second-order valence-electron chi connectivity index (χ2n) is 14.8. The zero-order chi connectivity index (χ0) is 38.4. The first-order chi connectivity index (χ1) is 28.7. The van der Waals surface area contributed by atoms with Crippen molar-refractivity contribution in [2.75, 3.05) is 4.90 Å². The molecule has 0 aliphatic carbocycles. The third kappa shape index (κ3) is 5.98. The van der Waals surface area contributed by atoms with Crippen LogP contribution in [0.15, 0.2) is 223 Å². The maximum absolute atomic E-state index is 6.18. The van der Waals surface area contributed by atoms with Crippen molar-refractivity contribution >= 4 is 60.5 Å². The Labute approximate surface area is 336 Å². The van der Waals surface area contributed by atoms with Crippen molar-refractivity contribution in [3.05, 3.63) is 218 Å². The number of benzene rings is 10. The average molecular weight is 741 g/mol. The molecule has 11 rings (SSSR count). The molecular formula is C55H36N2O. The number of aromatic nitrogens is 1. The lowest BCUT2D eigenvalue weighted by Gasteiger charge is -2.26. The lowest BCUT2D eigenvalue weighted by Crippen LogP contribution is -2.09. The summed E-state index contributed by atoms with van der Waals surface area (Å²) in [7, 11) is 0. The van der Waals surface area contributed by atoms with Crippen LogP contribution in [0.3, 0.4) is 0 Å². The Kier molecular flexibility index (Phi) is 8.15. The fourth-order valence-electron chi connectivity index (χ4n) is 8.36. The van der Waals surface area contributed by atoms with Gasteiger partial charge in [-0.25, -0.2) is 4.98 Å². The summed E-state index contributed by atoms with van der Waals surface area (Å²) < 4.78 is 6.18. The summed E-state index contributed by atoms with van der Waals surface area (Å²) in [5.74, 6) is 0.638. The van der Waals surface area contributed by atoms with E-state index in [-0.39, 0.29) is 0 Å². The van der Waals surface area contributed by atoms with Crippen molar-refractivity contribution in [1.29, 1.82) is 0 Å². The smallest absolute Gasteiger partial charge is 0.227 e. The van der Waals surface area contributed by atoms with Gasteiger partial charge in [0.15, 0.2) is 5.58 Å². The molecular weight excluding hydrogens is 705 g/mol. The lowest BCUT2D eigenvalue weighted by molar-refractivity contribution is 0.620. The summed E-state index contributed by atoms with van der Waals surface area (Å²) in [6.45, 7) is 0. The van der Waals surface area contributed by atoms with Gasteiger partial charge in [0, 0.05) is 28.0 Å². The summed E-state index contributed by atoms with van der Waals surface area (Å²) in [4.78, 5) is 7.25. The van der Waals surface area contributed by atoms with Gasteiger partial charge in [-0.3, -0.25) is 0 Å². The molecule has 0 saturated carbocycles. The average Bonchev–Trinajstić information content (AvgIpc) is 3.76. The van der Waals surface area contributed by atoms with Crippen molar-refractivity contribution < 1.29 is 4.42 Å². The van der Waals surface area contributed by atoms with Gasteiger partial charge < -0.3 is 9.32 Å². The lowest BCUT2D eigenvalue weighted by atomic mass is 9.93. The van der Waals surface area contributed by atoms with Gasteiger partial charge in [0.05, 0.1) is 0 Å². The third-order valence-corrected chi connectivity index (χ3v) is 11.3. The largest absolute Gasteiger partial charge is 0.436 e. The number of oxazole rings is 1. The van der Waals surface area contributed by atoms with Crippen LogP contribution in [0.2, 0.25) is 0 Å². The monoisotopic (exact) mass is 740 g/mol. The predicted molar refractivity (Wildman–Crippen MR) is 243 cm³/mol. The van der Waals surface area contributed by atoms with Gasteiger partial charge in [-0.05, 0) is 127 Å². The minimum atomic E-state index is 0.638. The SMILES string of the molecule is c1ccc(-c2nc3c(ccc4ccc(-c5ccc(-c6ccc(N(c7ccccc7)c7ccc(-c8cc9ccccc9c9ccccc89)cc7)cc6)cc5)cc43)o2)cc1. The van der Waals surface area contributed by atoms with E-state index < -0.39 is 0 Å². The van der Waals surface area contributed by atoms with Gasteiger partial charge in [0.2, 0.25) is 5.89 Å². The van der Waals surface area contributed by atoms with Crippen LogP contribution >= 0.6 is 0 Å². The van der Waals surface area contributed by atoms with Gasteiger partial charge in [-0.1, -0.05) is 152 Å². The van der Waals surface area contributed by atoms with Gasteiger partial charge >= 0.3 is 0 Å². The first-order valence-corrected chi connectivity index (χ1v) is 19.7. The molecule has 0 amide bonds. The molecule has 0 atom stereocenters. The Morgan fingerprint density at radius 3 is 1.55 bits per heavy atom. The van der Waals surface area contributed by atoms with E-state index in [1.807, 2.05) is 36.4 Å². The van der Waals surface area contributed by atoms with Crippen molar-refractivity contribution in [3.63, 3.8) is 0 Å². The van der Waals surface area contributed by atoms with Crippen LogP contribution in [0.1, 0.15) is 0 Å². The molecule has 0 N–H and O–H groups in total.